The van der Waals surface area contributed by atoms with Crippen molar-refractivity contribution >= 4 is 49.3 Å². The highest BCUT2D eigenvalue weighted by atomic mass is 32.2. The number of hydrogen-bond acceptors (Lipinski definition) is 7. The smallest absolute Gasteiger partial charge is 0.333 e. The van der Waals surface area contributed by atoms with Gasteiger partial charge in [0.1, 0.15) is 16.8 Å². The second kappa shape index (κ2) is 6.78. The molecule has 3 aromatic heterocycles. The molecule has 10 heteroatoms. The molecule has 0 spiro atoms. The van der Waals surface area contributed by atoms with E-state index in [1.54, 1.807) is 12.1 Å². The third kappa shape index (κ3) is 2.90. The van der Waals surface area contributed by atoms with Gasteiger partial charge in [0.2, 0.25) is 11.8 Å². The Morgan fingerprint density at radius 1 is 1.13 bits per heavy atom. The average Bonchev–Trinajstić information content (AvgIpc) is 3.10. The normalized spacial score (nSPS) is 13.3. The molecule has 1 aliphatic heterocycles. The average molecular weight is 419 g/mol. The van der Waals surface area contributed by atoms with Gasteiger partial charge in [-0.1, -0.05) is 17.7 Å². The maximum absolute atomic E-state index is 12.8. The van der Waals surface area contributed by atoms with Gasteiger partial charge in [-0.2, -0.15) is 4.98 Å². The molecule has 0 aliphatic carbocycles. The number of carbonyl (C=O) groups is 2. The zero-order chi connectivity index (χ0) is 20.8. The van der Waals surface area contributed by atoms with Gasteiger partial charge in [0, 0.05) is 18.5 Å². The van der Waals surface area contributed by atoms with Gasteiger partial charge < -0.3 is 20.0 Å². The number of amides is 2. The molecule has 1 aliphatic rings. The van der Waals surface area contributed by atoms with Crippen molar-refractivity contribution in [1.29, 1.82) is 0 Å². The highest BCUT2D eigenvalue weighted by molar-refractivity contribution is 7.54. The van der Waals surface area contributed by atoms with Gasteiger partial charge in [0.25, 0.3) is 4.83 Å². The summed E-state index contributed by atoms with van der Waals surface area (Å²) in [5.41, 5.74) is 1.94. The van der Waals surface area contributed by atoms with Gasteiger partial charge in [-0.3, -0.25) is 0 Å². The number of benzene rings is 1. The van der Waals surface area contributed by atoms with Crippen molar-refractivity contribution in [2.75, 3.05) is 10.2 Å². The van der Waals surface area contributed by atoms with Gasteiger partial charge in [0.05, 0.1) is 16.2 Å². The number of rotatable bonds is 4. The predicted octanol–water partition coefficient (Wildman–Crippen LogP) is 3.75. The molecule has 1 aromatic carbocycles. The van der Waals surface area contributed by atoms with Gasteiger partial charge in [-0.15, -0.1) is 0 Å². The van der Waals surface area contributed by atoms with Crippen LogP contribution in [0.1, 0.15) is 5.56 Å². The highest BCUT2D eigenvalue weighted by Crippen LogP contribution is 2.46. The molecule has 30 heavy (non-hydrogen) atoms. The number of nitrogens with zero attached hydrogens (tertiary/aromatic N) is 4. The molecule has 1 unspecified atom stereocenters. The maximum Gasteiger partial charge on any atom is 0.333 e. The second-order valence-corrected chi connectivity index (χ2v) is 8.14. The van der Waals surface area contributed by atoms with Crippen molar-refractivity contribution in [3.8, 4) is 11.6 Å². The summed E-state index contributed by atoms with van der Waals surface area (Å²) in [6.45, 7) is 1.98. The molecule has 1 N–H and O–H groups in total. The Balaban J connectivity index is 1.58. The fourth-order valence-corrected chi connectivity index (χ4v) is 4.58. The number of carbonyl (C=O) groups excluding carboxylic acids is 2. The third-order valence-electron chi connectivity index (χ3n) is 4.53. The first-order valence-electron chi connectivity index (χ1n) is 8.85. The van der Waals surface area contributed by atoms with Crippen molar-refractivity contribution in [1.82, 2.24) is 15.0 Å². The fourth-order valence-electron chi connectivity index (χ4n) is 3.19. The standard InChI is InChI=1S/C20H13N5O4S/c1-11-2-4-12(5-3-11)29-15-7-9-22-18(24-15)25-14-6-8-21-17-16(14)13(23-19(25)26)10-30(17)20(27)28/h2-10H,1H3,(H-,23,26,27,28). The van der Waals surface area contributed by atoms with Crippen molar-refractivity contribution in [3.05, 3.63) is 59.7 Å². The van der Waals surface area contributed by atoms with E-state index in [4.69, 9.17) is 4.74 Å². The fraction of sp³-hybridized carbons (Fsp3) is 0.0500. The summed E-state index contributed by atoms with van der Waals surface area (Å²) in [6, 6.07) is 10.2. The number of aryl methyl sites for hydroxylation is 1. The van der Waals surface area contributed by atoms with Crippen LogP contribution in [0.2, 0.25) is 0 Å². The first-order chi connectivity index (χ1) is 14.5. The first kappa shape index (κ1) is 18.0. The summed E-state index contributed by atoms with van der Waals surface area (Å²) >= 11 is 0. The Bertz CT molecular complexity index is 1320. The topological polar surface area (TPSA) is 120 Å². The molecule has 4 heterocycles. The van der Waals surface area contributed by atoms with E-state index in [0.29, 0.717) is 27.3 Å². The molecule has 5 rings (SSSR count). The minimum Gasteiger partial charge on any atom is -0.500 e. The molecule has 4 aromatic rings. The molecule has 1 atom stereocenters. The lowest BCUT2D eigenvalue weighted by atomic mass is 10.2. The number of pyridine rings is 1. The van der Waals surface area contributed by atoms with E-state index in [-0.39, 0.29) is 11.8 Å². The van der Waals surface area contributed by atoms with E-state index in [9.17, 15) is 14.7 Å². The van der Waals surface area contributed by atoms with Crippen LogP contribution >= 0.6 is 10.5 Å². The first-order valence-corrected chi connectivity index (χ1v) is 10.1. The van der Waals surface area contributed by atoms with Crippen LogP contribution < -0.4 is 20.1 Å². The highest BCUT2D eigenvalue weighted by Gasteiger charge is 2.35. The van der Waals surface area contributed by atoms with Crippen molar-refractivity contribution in [2.24, 2.45) is 0 Å². The van der Waals surface area contributed by atoms with Crippen LogP contribution in [0.25, 0.3) is 10.2 Å². The molecule has 0 saturated heterocycles. The number of thiophene rings is 1. The Hall–Kier alpha value is -4.05. The Morgan fingerprint density at radius 3 is 2.67 bits per heavy atom. The molecule has 0 radical (unpaired) electrons. The molecule has 0 fully saturated rings. The molecule has 9 nitrogen and oxygen atoms in total. The molecule has 0 saturated carbocycles. The number of carboxylic acid groups (broad SMARTS) is 1. The minimum absolute atomic E-state index is 0.0878. The summed E-state index contributed by atoms with van der Waals surface area (Å²) in [5, 5.41) is 14.9. The minimum atomic E-state index is -1.35. The molecular formula is C20H13N5O4S. The molecule has 148 valence electrons. The lowest BCUT2D eigenvalue weighted by Crippen LogP contribution is -2.34. The number of nitrogens with one attached hydrogen (secondary N) is 1. The number of aromatic nitrogens is 3. The Morgan fingerprint density at radius 2 is 1.90 bits per heavy atom. The summed E-state index contributed by atoms with van der Waals surface area (Å²) in [7, 11) is -1.35. The van der Waals surface area contributed by atoms with Crippen LogP contribution in [0.4, 0.5) is 26.9 Å². The SMILES string of the molecule is Cc1ccc(Oc2ccnc(N3C(=O)Nc4c[s+](C(=O)[O-])c5nccc3c45)n2)cc1. The largest absolute Gasteiger partial charge is 0.500 e. The lowest BCUT2D eigenvalue weighted by molar-refractivity contribution is -0.233. The number of ether oxygens (including phenoxy) is 1. The van der Waals surface area contributed by atoms with E-state index in [0.717, 1.165) is 5.56 Å². The second-order valence-electron chi connectivity index (χ2n) is 6.51. The zero-order valence-corrected chi connectivity index (χ0v) is 16.3. The zero-order valence-electron chi connectivity index (χ0n) is 15.5. The van der Waals surface area contributed by atoms with E-state index in [2.05, 4.69) is 20.3 Å². The summed E-state index contributed by atoms with van der Waals surface area (Å²) < 4.78 is 5.78. The maximum atomic E-state index is 12.8. The van der Waals surface area contributed by atoms with Gasteiger partial charge in [-0.25, -0.2) is 19.7 Å². The van der Waals surface area contributed by atoms with E-state index in [1.165, 1.54) is 22.7 Å². The van der Waals surface area contributed by atoms with Crippen LogP contribution in [-0.2, 0) is 0 Å². The van der Waals surface area contributed by atoms with Crippen molar-refractivity contribution in [2.45, 2.75) is 6.92 Å². The Labute approximate surface area is 172 Å². The number of hydrogen-bond donors (Lipinski definition) is 1. The molecule has 2 amide bonds. The van der Waals surface area contributed by atoms with Crippen LogP contribution in [0.15, 0.2) is 54.2 Å². The van der Waals surface area contributed by atoms with E-state index in [1.807, 2.05) is 31.2 Å². The van der Waals surface area contributed by atoms with Crippen LogP contribution in [-0.4, -0.2) is 26.3 Å². The summed E-state index contributed by atoms with van der Waals surface area (Å²) in [6.07, 6.45) is 2.93. The number of anilines is 3. The van der Waals surface area contributed by atoms with Gasteiger partial charge >= 0.3 is 11.3 Å². The number of urea groups is 1. The van der Waals surface area contributed by atoms with Crippen molar-refractivity contribution < 1.29 is 19.4 Å². The molecular weight excluding hydrogens is 406 g/mol. The monoisotopic (exact) mass is 419 g/mol. The van der Waals surface area contributed by atoms with Crippen LogP contribution in [0, 0.1) is 6.92 Å². The van der Waals surface area contributed by atoms with Crippen LogP contribution in [0.5, 0.6) is 11.6 Å². The quantitative estimate of drug-likeness (QED) is 0.500. The molecule has 0 bridgehead atoms. The van der Waals surface area contributed by atoms with Gasteiger partial charge in [0.15, 0.2) is 5.38 Å². The lowest BCUT2D eigenvalue weighted by Gasteiger charge is -2.25. The van der Waals surface area contributed by atoms with Gasteiger partial charge in [-0.05, 0) is 25.1 Å². The van der Waals surface area contributed by atoms with E-state index < -0.39 is 21.8 Å². The summed E-state index contributed by atoms with van der Waals surface area (Å²) in [5.74, 6) is 0.948. The van der Waals surface area contributed by atoms with E-state index >= 15 is 0 Å². The van der Waals surface area contributed by atoms with Crippen molar-refractivity contribution in [3.63, 3.8) is 0 Å². The predicted molar refractivity (Wildman–Crippen MR) is 109 cm³/mol. The third-order valence-corrected chi connectivity index (χ3v) is 6.09. The van der Waals surface area contributed by atoms with Crippen LogP contribution in [0.3, 0.4) is 0 Å². The Kier molecular flexibility index (Phi) is 4.07. The summed E-state index contributed by atoms with van der Waals surface area (Å²) in [4.78, 5) is 38.6.